The van der Waals surface area contributed by atoms with Crippen LogP contribution in [0.2, 0.25) is 0 Å². The maximum Gasteiger partial charge on any atom is 0.364 e. The Hall–Kier alpha value is -6.19. The summed E-state index contributed by atoms with van der Waals surface area (Å²) in [5, 5.41) is 5.39. The molecule has 3 aliphatic rings. The highest BCUT2D eigenvalue weighted by Gasteiger charge is 2.39. The molecule has 61 heavy (non-hydrogen) atoms. The number of para-hydroxylation sites is 2. The molecule has 0 amide bonds. The number of nitrogens with zero attached hydrogens (tertiary/aromatic N) is 3. The van der Waals surface area contributed by atoms with Gasteiger partial charge in [-0.25, -0.2) is 0 Å². The minimum Gasteiger partial charge on any atom is -0.301 e. The van der Waals surface area contributed by atoms with Gasteiger partial charge in [-0.1, -0.05) is 137 Å². The van der Waals surface area contributed by atoms with E-state index in [2.05, 4.69) is 199 Å². The number of anilines is 3. The van der Waals surface area contributed by atoms with Crippen molar-refractivity contribution >= 4 is 70.8 Å². The van der Waals surface area contributed by atoms with E-state index < -0.39 is 10.2 Å². The molecule has 0 bridgehead atoms. The molecule has 8 heteroatoms. The summed E-state index contributed by atoms with van der Waals surface area (Å²) >= 11 is 3.52. The van der Waals surface area contributed by atoms with Crippen LogP contribution < -0.4 is 15.6 Å². The third-order valence-electron chi connectivity index (χ3n) is 13.3. The van der Waals surface area contributed by atoms with Gasteiger partial charge in [-0.15, -0.1) is 31.5 Å². The van der Waals surface area contributed by atoms with Crippen molar-refractivity contribution in [2.45, 2.75) is 44.4 Å². The van der Waals surface area contributed by atoms with E-state index in [1.165, 1.54) is 49.6 Å². The van der Waals surface area contributed by atoms with Crippen molar-refractivity contribution in [1.82, 2.24) is 0 Å². The van der Waals surface area contributed by atoms with Gasteiger partial charge in [0.25, 0.3) is 0 Å². The molecule has 0 unspecified atom stereocenters. The summed E-state index contributed by atoms with van der Waals surface area (Å²) in [5.41, 5.74) is 12.1. The molecule has 0 fully saturated rings. The number of hydrogen-bond donors (Lipinski definition) is 0. The maximum absolute atomic E-state index is 13.2. The van der Waals surface area contributed by atoms with Gasteiger partial charge in [0.05, 0.1) is 11.4 Å². The predicted octanol–water partition coefficient (Wildman–Crippen LogP) is 12.9. The quantitative estimate of drug-likeness (QED) is 0.166. The third-order valence-corrected chi connectivity index (χ3v) is 16.4. The van der Waals surface area contributed by atoms with E-state index in [1.54, 1.807) is 22.7 Å². The second-order valence-electron chi connectivity index (χ2n) is 17.4. The number of fused-ring (bicyclic) bond motifs is 10. The Morgan fingerprint density at radius 2 is 0.951 bits per heavy atom. The fourth-order valence-electron chi connectivity index (χ4n) is 10.4. The molecule has 1 aliphatic carbocycles. The largest absolute Gasteiger partial charge is 0.364 e. The number of hydrogen-bond acceptors (Lipinski definition) is 5. The average Bonchev–Trinajstić information content (AvgIpc) is 4.03. The van der Waals surface area contributed by atoms with E-state index in [0.29, 0.717) is 10.7 Å². The highest BCUT2D eigenvalue weighted by atomic mass is 32.2. The fourth-order valence-corrected chi connectivity index (χ4v) is 13.4. The molecule has 9 aromatic rings. The van der Waals surface area contributed by atoms with Crippen LogP contribution in [0.4, 0.5) is 16.4 Å². The molecule has 0 spiro atoms. The molecule has 2 aliphatic heterocycles. The van der Waals surface area contributed by atoms with Crippen LogP contribution in [0.5, 0.6) is 0 Å². The fraction of sp³-hybridized carbons (Fsp3) is 0.132. The van der Waals surface area contributed by atoms with Crippen molar-refractivity contribution in [3.63, 3.8) is 0 Å². The molecule has 4 heterocycles. The lowest BCUT2D eigenvalue weighted by Crippen LogP contribution is -2.30. The van der Waals surface area contributed by atoms with E-state index in [-0.39, 0.29) is 16.7 Å². The summed E-state index contributed by atoms with van der Waals surface area (Å²) in [6.07, 6.45) is 0. The Balaban J connectivity index is 0.956. The lowest BCUT2D eigenvalue weighted by atomic mass is 9.65. The van der Waals surface area contributed by atoms with Crippen molar-refractivity contribution in [2.24, 2.45) is 8.80 Å². The summed E-state index contributed by atoms with van der Waals surface area (Å²) in [4.78, 5) is 5.85. The van der Waals surface area contributed by atoms with Crippen molar-refractivity contribution in [3.05, 3.63) is 207 Å². The van der Waals surface area contributed by atoms with Gasteiger partial charge in [-0.3, -0.25) is 0 Å². The Morgan fingerprint density at radius 1 is 0.492 bits per heavy atom. The standard InChI is InChI=1S/C53H39N3O2S3/c1-52(2)39-15-7-5-13-35(39)49(36-14-6-8-16-40(36)52)47-26-25-45(59-47)31-21-23-33-34-24-22-32(30-38(34)51-50(37(33)29-31)54-61(57,58)55-51)46-27-28-48(60-46)56-43-19-11-9-17-41(43)53(3,4)42-18-10-12-20-44(42)56/h5-30,49H,1-4H3. The number of thiophene rings is 2. The first-order valence-corrected chi connectivity index (χ1v) is 23.6. The van der Waals surface area contributed by atoms with Crippen LogP contribution in [-0.4, -0.2) is 8.42 Å². The van der Waals surface area contributed by atoms with Crippen LogP contribution in [0, 0.1) is 0 Å². The second kappa shape index (κ2) is 12.9. The Kier molecular flexibility index (Phi) is 7.76. The zero-order chi connectivity index (χ0) is 41.4. The zero-order valence-electron chi connectivity index (χ0n) is 34.0. The summed E-state index contributed by atoms with van der Waals surface area (Å²) in [6, 6.07) is 56.6. The first-order valence-electron chi connectivity index (χ1n) is 20.6. The molecule has 0 atom stereocenters. The summed E-state index contributed by atoms with van der Waals surface area (Å²) < 4.78 is 34.9. The van der Waals surface area contributed by atoms with Crippen LogP contribution in [-0.2, 0) is 21.0 Å². The van der Waals surface area contributed by atoms with Gasteiger partial charge in [-0.05, 0) is 104 Å². The van der Waals surface area contributed by atoms with Gasteiger partial charge >= 0.3 is 10.2 Å². The summed E-state index contributed by atoms with van der Waals surface area (Å²) in [7, 11) is -4.05. The van der Waals surface area contributed by atoms with Gasteiger partial charge < -0.3 is 4.90 Å². The highest BCUT2D eigenvalue weighted by Crippen LogP contribution is 2.54. The monoisotopic (exact) mass is 845 g/mol. The topological polar surface area (TPSA) is 62.1 Å². The van der Waals surface area contributed by atoms with Gasteiger partial charge in [0.1, 0.15) is 15.7 Å². The Labute approximate surface area is 362 Å². The maximum atomic E-state index is 13.2. The normalized spacial score (nSPS) is 16.6. The summed E-state index contributed by atoms with van der Waals surface area (Å²) in [6.45, 7) is 9.24. The highest BCUT2D eigenvalue weighted by molar-refractivity contribution is 7.88. The van der Waals surface area contributed by atoms with Gasteiger partial charge in [0.15, 0.2) is 0 Å². The molecule has 2 aromatic heterocycles. The molecule has 0 saturated heterocycles. The van der Waals surface area contributed by atoms with E-state index >= 15 is 0 Å². The minimum absolute atomic E-state index is 0.0990. The first-order chi connectivity index (χ1) is 29.5. The molecule has 0 N–H and O–H groups in total. The first kappa shape index (κ1) is 36.6. The van der Waals surface area contributed by atoms with E-state index in [4.69, 9.17) is 0 Å². The molecule has 0 saturated carbocycles. The van der Waals surface area contributed by atoms with Crippen molar-refractivity contribution in [2.75, 3.05) is 4.90 Å². The lowest BCUT2D eigenvalue weighted by Gasteiger charge is -2.41. The average molecular weight is 846 g/mol. The van der Waals surface area contributed by atoms with E-state index in [9.17, 15) is 8.42 Å². The zero-order valence-corrected chi connectivity index (χ0v) is 36.4. The molecule has 5 nitrogen and oxygen atoms in total. The van der Waals surface area contributed by atoms with Gasteiger partial charge in [0, 0.05) is 42.2 Å². The molecule has 296 valence electrons. The van der Waals surface area contributed by atoms with Gasteiger partial charge in [0.2, 0.25) is 0 Å². The van der Waals surface area contributed by atoms with Crippen LogP contribution >= 0.6 is 22.7 Å². The van der Waals surface area contributed by atoms with E-state index in [1.807, 2.05) is 0 Å². The molecule has 0 radical (unpaired) electrons. The predicted molar refractivity (Wildman–Crippen MR) is 252 cm³/mol. The SMILES string of the molecule is CC1(C)c2ccccc2C(c2ccc(-c3ccc4c(c3)c3c(c5cc(-c6ccc(N7c8ccccc8C(C)(C)c8ccccc87)s6)ccc54)=NS(=O)(=O)N=3)s2)c2ccccc21. The number of rotatable bonds is 4. The lowest BCUT2D eigenvalue weighted by molar-refractivity contribution is 0.598. The third kappa shape index (κ3) is 5.38. The Morgan fingerprint density at radius 3 is 1.51 bits per heavy atom. The van der Waals surface area contributed by atoms with Gasteiger partial charge in [-0.2, -0.15) is 8.42 Å². The van der Waals surface area contributed by atoms with Crippen molar-refractivity contribution in [1.29, 1.82) is 0 Å². The second-order valence-corrected chi connectivity index (χ2v) is 20.9. The summed E-state index contributed by atoms with van der Waals surface area (Å²) in [5.74, 6) is 0.124. The van der Waals surface area contributed by atoms with Crippen molar-refractivity contribution in [3.8, 4) is 20.9 Å². The molecular formula is C53H39N3O2S3. The van der Waals surface area contributed by atoms with Crippen molar-refractivity contribution < 1.29 is 8.42 Å². The van der Waals surface area contributed by atoms with E-state index in [0.717, 1.165) is 47.4 Å². The molecule has 7 aromatic carbocycles. The number of benzene rings is 7. The molecule has 12 rings (SSSR count). The van der Waals surface area contributed by atoms with Crippen LogP contribution in [0.25, 0.3) is 42.4 Å². The van der Waals surface area contributed by atoms with Crippen LogP contribution in [0.3, 0.4) is 0 Å². The smallest absolute Gasteiger partial charge is 0.301 e. The van der Waals surface area contributed by atoms with Crippen LogP contribution in [0.15, 0.2) is 167 Å². The molecular weight excluding hydrogens is 807 g/mol. The minimum atomic E-state index is -4.05. The Bertz CT molecular complexity index is 3270. The van der Waals surface area contributed by atoms with Crippen LogP contribution in [0.1, 0.15) is 71.9 Å².